The van der Waals surface area contributed by atoms with E-state index in [1.807, 2.05) is 24.3 Å². The number of aliphatic hydroxyl groups is 1. The smallest absolute Gasteiger partial charge is 0.250 e. The van der Waals surface area contributed by atoms with E-state index in [1.165, 1.54) is 6.07 Å². The Kier molecular flexibility index (Phi) is 4.98. The van der Waals surface area contributed by atoms with E-state index in [4.69, 9.17) is 5.11 Å². The fourth-order valence-corrected chi connectivity index (χ4v) is 4.58. The summed E-state index contributed by atoms with van der Waals surface area (Å²) in [7, 11) is -3.57. The van der Waals surface area contributed by atoms with Gasteiger partial charge in [-0.1, -0.05) is 28.1 Å². The van der Waals surface area contributed by atoms with Crippen LogP contribution in [0.4, 0.5) is 0 Å². The van der Waals surface area contributed by atoms with Crippen LogP contribution in [0.2, 0.25) is 0 Å². The van der Waals surface area contributed by atoms with Crippen LogP contribution in [-0.2, 0) is 16.6 Å². The second-order valence-corrected chi connectivity index (χ2v) is 8.10. The Morgan fingerprint density at radius 1 is 1.40 bits per heavy atom. The zero-order valence-electron chi connectivity index (χ0n) is 10.7. The Morgan fingerprint density at radius 2 is 2.15 bits per heavy atom. The van der Waals surface area contributed by atoms with Crippen molar-refractivity contribution in [3.05, 3.63) is 51.3 Å². The van der Waals surface area contributed by atoms with Crippen molar-refractivity contribution in [2.45, 2.75) is 23.8 Å². The lowest BCUT2D eigenvalue weighted by Gasteiger charge is -2.14. The summed E-state index contributed by atoms with van der Waals surface area (Å²) in [5.41, 5.74) is 1.48. The van der Waals surface area contributed by atoms with Crippen LogP contribution in [0.5, 0.6) is 0 Å². The molecule has 1 unspecified atom stereocenters. The average molecular weight is 376 g/mol. The molecule has 2 aromatic rings. The van der Waals surface area contributed by atoms with Gasteiger partial charge in [0.1, 0.15) is 4.21 Å². The lowest BCUT2D eigenvalue weighted by atomic mass is 10.1. The molecule has 0 aliphatic heterocycles. The third-order valence-corrected chi connectivity index (χ3v) is 6.28. The number of hydrogen-bond donors (Lipinski definition) is 2. The van der Waals surface area contributed by atoms with Gasteiger partial charge in [0.25, 0.3) is 10.0 Å². The molecular weight excluding hydrogens is 362 g/mol. The number of nitrogens with one attached hydrogen (secondary N) is 1. The number of rotatable bonds is 5. The maximum absolute atomic E-state index is 12.2. The largest absolute Gasteiger partial charge is 0.392 e. The summed E-state index contributed by atoms with van der Waals surface area (Å²) in [4.78, 5) is 0. The predicted molar refractivity (Wildman–Crippen MR) is 83.1 cm³/mol. The van der Waals surface area contributed by atoms with Gasteiger partial charge in [-0.15, -0.1) is 11.3 Å². The van der Waals surface area contributed by atoms with E-state index in [-0.39, 0.29) is 16.9 Å². The van der Waals surface area contributed by atoms with Crippen LogP contribution < -0.4 is 4.72 Å². The number of aliphatic hydroxyl groups excluding tert-OH is 1. The molecule has 0 saturated carbocycles. The van der Waals surface area contributed by atoms with E-state index in [1.54, 1.807) is 12.3 Å². The molecule has 1 aromatic carbocycles. The summed E-state index contributed by atoms with van der Waals surface area (Å²) < 4.78 is 28.2. The number of thiophene rings is 1. The van der Waals surface area contributed by atoms with Crippen molar-refractivity contribution in [1.29, 1.82) is 0 Å². The van der Waals surface area contributed by atoms with Crippen molar-refractivity contribution in [3.8, 4) is 0 Å². The molecule has 1 aromatic heterocycles. The SMILES string of the molecule is CC(NS(=O)(=O)c1cc(CO)cs1)c1cccc(Br)c1. The molecule has 2 N–H and O–H groups in total. The van der Waals surface area contributed by atoms with Gasteiger partial charge in [-0.25, -0.2) is 13.1 Å². The average Bonchev–Trinajstić information content (AvgIpc) is 2.87. The Hall–Kier alpha value is -0.730. The first-order chi connectivity index (χ1) is 9.42. The summed E-state index contributed by atoms with van der Waals surface area (Å²) in [5, 5.41) is 10.6. The van der Waals surface area contributed by atoms with Gasteiger partial charge in [-0.3, -0.25) is 0 Å². The fraction of sp³-hybridized carbons (Fsp3) is 0.231. The number of hydrogen-bond acceptors (Lipinski definition) is 4. The van der Waals surface area contributed by atoms with Crippen LogP contribution in [0.15, 0.2) is 44.4 Å². The standard InChI is InChI=1S/C13H14BrNO3S2/c1-9(11-3-2-4-12(14)6-11)15-20(17,18)13-5-10(7-16)8-19-13/h2-6,8-9,15-16H,7H2,1H3. The molecule has 1 heterocycles. The van der Waals surface area contributed by atoms with E-state index in [0.717, 1.165) is 21.4 Å². The molecule has 0 bridgehead atoms. The molecule has 0 spiro atoms. The molecule has 0 radical (unpaired) electrons. The predicted octanol–water partition coefficient (Wildman–Crippen LogP) is 3.04. The Labute approximate surface area is 130 Å². The van der Waals surface area contributed by atoms with Gasteiger partial charge in [0.15, 0.2) is 0 Å². The highest BCUT2D eigenvalue weighted by Gasteiger charge is 2.20. The molecule has 0 fully saturated rings. The molecule has 1 atom stereocenters. The van der Waals surface area contributed by atoms with Gasteiger partial charge in [-0.05, 0) is 41.6 Å². The van der Waals surface area contributed by atoms with Gasteiger partial charge in [0.2, 0.25) is 0 Å². The second-order valence-electron chi connectivity index (χ2n) is 4.33. The van der Waals surface area contributed by atoms with Gasteiger partial charge in [0.05, 0.1) is 6.61 Å². The zero-order chi connectivity index (χ0) is 14.8. The van der Waals surface area contributed by atoms with Crippen LogP contribution in [0.25, 0.3) is 0 Å². The molecule has 108 valence electrons. The molecular formula is C13H14BrNO3S2. The summed E-state index contributed by atoms with van der Waals surface area (Å²) in [6, 6.07) is 8.64. The lowest BCUT2D eigenvalue weighted by Crippen LogP contribution is -2.26. The van der Waals surface area contributed by atoms with E-state index in [9.17, 15) is 8.42 Å². The molecule has 4 nitrogen and oxygen atoms in total. The van der Waals surface area contributed by atoms with E-state index in [2.05, 4.69) is 20.7 Å². The monoisotopic (exact) mass is 375 g/mol. The number of sulfonamides is 1. The van der Waals surface area contributed by atoms with Crippen molar-refractivity contribution in [1.82, 2.24) is 4.72 Å². The first-order valence-corrected chi connectivity index (χ1v) is 9.04. The molecule has 7 heteroatoms. The van der Waals surface area contributed by atoms with Crippen molar-refractivity contribution >= 4 is 37.3 Å². The number of halogens is 1. The van der Waals surface area contributed by atoms with Gasteiger partial charge < -0.3 is 5.11 Å². The minimum Gasteiger partial charge on any atom is -0.392 e. The zero-order valence-corrected chi connectivity index (χ0v) is 13.9. The minimum absolute atomic E-state index is 0.160. The summed E-state index contributed by atoms with van der Waals surface area (Å²) in [6.07, 6.45) is 0. The second kappa shape index (κ2) is 6.36. The molecule has 0 saturated heterocycles. The highest BCUT2D eigenvalue weighted by atomic mass is 79.9. The summed E-state index contributed by atoms with van der Waals surface area (Å²) in [6.45, 7) is 1.63. The van der Waals surface area contributed by atoms with E-state index >= 15 is 0 Å². The van der Waals surface area contributed by atoms with Crippen LogP contribution in [0.3, 0.4) is 0 Å². The van der Waals surface area contributed by atoms with Gasteiger partial charge >= 0.3 is 0 Å². The third kappa shape index (κ3) is 3.67. The van der Waals surface area contributed by atoms with Crippen molar-refractivity contribution in [3.63, 3.8) is 0 Å². The molecule has 2 rings (SSSR count). The Bertz CT molecular complexity index is 697. The highest BCUT2D eigenvalue weighted by Crippen LogP contribution is 2.24. The Morgan fingerprint density at radius 3 is 2.75 bits per heavy atom. The lowest BCUT2D eigenvalue weighted by molar-refractivity contribution is 0.282. The maximum atomic E-state index is 12.2. The van der Waals surface area contributed by atoms with E-state index < -0.39 is 10.0 Å². The van der Waals surface area contributed by atoms with Crippen LogP contribution in [-0.4, -0.2) is 13.5 Å². The molecule has 20 heavy (non-hydrogen) atoms. The van der Waals surface area contributed by atoms with Crippen LogP contribution >= 0.6 is 27.3 Å². The first-order valence-electron chi connectivity index (χ1n) is 5.88. The van der Waals surface area contributed by atoms with Gasteiger partial charge in [-0.2, -0.15) is 0 Å². The van der Waals surface area contributed by atoms with Crippen LogP contribution in [0, 0.1) is 0 Å². The number of benzene rings is 1. The van der Waals surface area contributed by atoms with E-state index in [0.29, 0.717) is 5.56 Å². The van der Waals surface area contributed by atoms with Crippen molar-refractivity contribution in [2.75, 3.05) is 0 Å². The van der Waals surface area contributed by atoms with Crippen molar-refractivity contribution in [2.24, 2.45) is 0 Å². The quantitative estimate of drug-likeness (QED) is 0.843. The fourth-order valence-electron chi connectivity index (χ4n) is 1.71. The Balaban J connectivity index is 2.19. The topological polar surface area (TPSA) is 66.4 Å². The summed E-state index contributed by atoms with van der Waals surface area (Å²) >= 11 is 4.47. The molecule has 0 amide bonds. The van der Waals surface area contributed by atoms with Crippen molar-refractivity contribution < 1.29 is 13.5 Å². The molecule has 0 aliphatic carbocycles. The maximum Gasteiger partial charge on any atom is 0.250 e. The normalized spacial score (nSPS) is 13.3. The first kappa shape index (κ1) is 15.7. The summed E-state index contributed by atoms with van der Waals surface area (Å²) in [5.74, 6) is 0. The van der Waals surface area contributed by atoms with Gasteiger partial charge in [0, 0.05) is 10.5 Å². The third-order valence-electron chi connectivity index (χ3n) is 2.76. The van der Waals surface area contributed by atoms with Crippen LogP contribution in [0.1, 0.15) is 24.1 Å². The molecule has 0 aliphatic rings. The highest BCUT2D eigenvalue weighted by molar-refractivity contribution is 9.10. The minimum atomic E-state index is -3.57.